The van der Waals surface area contributed by atoms with Gasteiger partial charge in [0.05, 0.1) is 6.61 Å². The Kier molecular flexibility index (Phi) is 3.69. The molecule has 1 saturated heterocycles. The number of rotatable bonds is 3. The van der Waals surface area contributed by atoms with Gasteiger partial charge in [-0.25, -0.2) is 4.98 Å². The van der Waals surface area contributed by atoms with Crippen LogP contribution in [0.15, 0.2) is 42.6 Å². The van der Waals surface area contributed by atoms with Crippen molar-refractivity contribution in [3.63, 3.8) is 0 Å². The van der Waals surface area contributed by atoms with E-state index in [1.165, 1.54) is 10.7 Å². The van der Waals surface area contributed by atoms with Crippen LogP contribution in [-0.2, 0) is 4.74 Å². The molecule has 4 rings (SSSR count). The van der Waals surface area contributed by atoms with Gasteiger partial charge < -0.3 is 24.9 Å². The van der Waals surface area contributed by atoms with E-state index in [-0.39, 0.29) is 17.7 Å². The van der Waals surface area contributed by atoms with Crippen LogP contribution in [0.1, 0.15) is 11.7 Å². The Hall–Kier alpha value is -3.20. The highest BCUT2D eigenvalue weighted by molar-refractivity contribution is 5.49. The topological polar surface area (TPSA) is 106 Å². The molecule has 1 aliphatic rings. The number of nitro groups is 1. The Morgan fingerprint density at radius 2 is 2.20 bits per heavy atom. The maximum Gasteiger partial charge on any atom is 0.368 e. The monoisotopic (exact) mass is 341 g/mol. The molecule has 1 atom stereocenters. The van der Waals surface area contributed by atoms with Crippen LogP contribution in [0.2, 0.25) is 0 Å². The van der Waals surface area contributed by atoms with Crippen LogP contribution in [0.3, 0.4) is 0 Å². The second-order valence-corrected chi connectivity index (χ2v) is 5.74. The normalized spacial score (nSPS) is 17.8. The summed E-state index contributed by atoms with van der Waals surface area (Å²) in [6.45, 7) is 1.65. The van der Waals surface area contributed by atoms with Gasteiger partial charge in [-0.15, -0.1) is 0 Å². The van der Waals surface area contributed by atoms with Crippen molar-refractivity contribution < 1.29 is 14.8 Å². The molecule has 1 unspecified atom stereocenters. The second kappa shape index (κ2) is 6.02. The first-order chi connectivity index (χ1) is 12.1. The van der Waals surface area contributed by atoms with E-state index in [2.05, 4.69) is 10.1 Å². The molecular formula is C16H15N5O4. The molecule has 1 aromatic carbocycles. The lowest BCUT2D eigenvalue weighted by Crippen LogP contribution is -2.39. The van der Waals surface area contributed by atoms with E-state index in [9.17, 15) is 15.2 Å². The highest BCUT2D eigenvalue weighted by atomic mass is 16.6. The molecule has 9 nitrogen and oxygen atoms in total. The van der Waals surface area contributed by atoms with Gasteiger partial charge in [-0.05, 0) is 28.7 Å². The van der Waals surface area contributed by atoms with Crippen molar-refractivity contribution in [1.82, 2.24) is 14.6 Å². The average Bonchev–Trinajstić information content (AvgIpc) is 3.05. The van der Waals surface area contributed by atoms with Crippen molar-refractivity contribution in [2.75, 3.05) is 24.6 Å². The summed E-state index contributed by atoms with van der Waals surface area (Å²) in [5.41, 5.74) is 1.30. The van der Waals surface area contributed by atoms with Gasteiger partial charge in [0.15, 0.2) is 5.82 Å². The van der Waals surface area contributed by atoms with Crippen molar-refractivity contribution in [2.45, 2.75) is 6.10 Å². The molecule has 0 amide bonds. The van der Waals surface area contributed by atoms with Gasteiger partial charge >= 0.3 is 5.82 Å². The van der Waals surface area contributed by atoms with E-state index in [1.54, 1.807) is 30.3 Å². The number of aromatic nitrogens is 3. The summed E-state index contributed by atoms with van der Waals surface area (Å²) >= 11 is 0. The van der Waals surface area contributed by atoms with Gasteiger partial charge in [0.1, 0.15) is 18.1 Å². The third-order valence-electron chi connectivity index (χ3n) is 4.15. The number of aromatic hydroxyl groups is 1. The molecular weight excluding hydrogens is 326 g/mol. The maximum atomic E-state index is 11.1. The van der Waals surface area contributed by atoms with E-state index in [0.717, 1.165) is 5.56 Å². The number of phenols is 1. The van der Waals surface area contributed by atoms with Crippen LogP contribution >= 0.6 is 0 Å². The zero-order valence-electron chi connectivity index (χ0n) is 13.1. The van der Waals surface area contributed by atoms with Crippen LogP contribution in [0.5, 0.6) is 5.75 Å². The third-order valence-corrected chi connectivity index (χ3v) is 4.15. The lowest BCUT2D eigenvalue weighted by atomic mass is 10.1. The summed E-state index contributed by atoms with van der Waals surface area (Å²) in [6.07, 6.45) is 0.983. The van der Waals surface area contributed by atoms with Crippen LogP contribution in [0.25, 0.3) is 5.65 Å². The first kappa shape index (κ1) is 15.3. The Morgan fingerprint density at radius 1 is 1.32 bits per heavy atom. The fourth-order valence-corrected chi connectivity index (χ4v) is 2.93. The number of morpholine rings is 1. The summed E-state index contributed by atoms with van der Waals surface area (Å²) < 4.78 is 7.03. The van der Waals surface area contributed by atoms with E-state index in [1.807, 2.05) is 11.0 Å². The standard InChI is InChI=1S/C16H15N5O4/c22-12-3-1-2-11(8-12)13-10-19(6-7-25-13)15-5-4-14-17-9-16(21(23)24)20(14)18-15/h1-5,8-9,13,22H,6-7,10H2. The second-order valence-electron chi connectivity index (χ2n) is 5.74. The minimum Gasteiger partial charge on any atom is -0.508 e. The lowest BCUT2D eigenvalue weighted by molar-refractivity contribution is -0.391. The number of anilines is 1. The van der Waals surface area contributed by atoms with Crippen LogP contribution in [0.4, 0.5) is 11.6 Å². The molecule has 3 heterocycles. The number of phenolic OH excluding ortho intramolecular Hbond substituents is 1. The molecule has 0 aliphatic carbocycles. The van der Waals surface area contributed by atoms with E-state index in [0.29, 0.717) is 31.2 Å². The van der Waals surface area contributed by atoms with E-state index < -0.39 is 4.92 Å². The molecule has 0 saturated carbocycles. The largest absolute Gasteiger partial charge is 0.508 e. The molecule has 1 N–H and O–H groups in total. The smallest absolute Gasteiger partial charge is 0.368 e. The van der Waals surface area contributed by atoms with Crippen molar-refractivity contribution in [1.29, 1.82) is 0 Å². The third kappa shape index (κ3) is 2.85. The van der Waals surface area contributed by atoms with Crippen molar-refractivity contribution >= 4 is 17.3 Å². The van der Waals surface area contributed by atoms with Gasteiger partial charge in [-0.3, -0.25) is 0 Å². The van der Waals surface area contributed by atoms with Crippen molar-refractivity contribution in [3.8, 4) is 5.75 Å². The van der Waals surface area contributed by atoms with E-state index >= 15 is 0 Å². The predicted octanol–water partition coefficient (Wildman–Crippen LogP) is 1.92. The number of ether oxygens (including phenoxy) is 1. The first-order valence-electron chi connectivity index (χ1n) is 7.76. The summed E-state index contributed by atoms with van der Waals surface area (Å²) in [5.74, 6) is 0.628. The highest BCUT2D eigenvalue weighted by Gasteiger charge is 2.25. The number of hydrogen-bond acceptors (Lipinski definition) is 7. The minimum absolute atomic E-state index is 0.172. The molecule has 1 fully saturated rings. The fourth-order valence-electron chi connectivity index (χ4n) is 2.93. The van der Waals surface area contributed by atoms with Crippen LogP contribution < -0.4 is 4.90 Å². The number of fused-ring (bicyclic) bond motifs is 1. The predicted molar refractivity (Wildman–Crippen MR) is 88.7 cm³/mol. The summed E-state index contributed by atoms with van der Waals surface area (Å²) in [4.78, 5) is 16.6. The number of imidazole rings is 1. The molecule has 9 heteroatoms. The first-order valence-corrected chi connectivity index (χ1v) is 7.76. The Bertz CT molecular complexity index is 941. The van der Waals surface area contributed by atoms with E-state index in [4.69, 9.17) is 4.74 Å². The Labute approximate surface area is 142 Å². The summed E-state index contributed by atoms with van der Waals surface area (Å²) in [7, 11) is 0. The molecule has 0 bridgehead atoms. The molecule has 0 radical (unpaired) electrons. The zero-order chi connectivity index (χ0) is 17.4. The van der Waals surface area contributed by atoms with Gasteiger partial charge in [-0.1, -0.05) is 21.7 Å². The molecule has 25 heavy (non-hydrogen) atoms. The van der Waals surface area contributed by atoms with Crippen LogP contribution in [-0.4, -0.2) is 44.3 Å². The van der Waals surface area contributed by atoms with Crippen molar-refractivity contribution in [3.05, 3.63) is 58.3 Å². The van der Waals surface area contributed by atoms with Gasteiger partial charge in [0, 0.05) is 19.2 Å². The maximum absolute atomic E-state index is 11.1. The molecule has 1 aliphatic heterocycles. The average molecular weight is 341 g/mol. The molecule has 0 spiro atoms. The van der Waals surface area contributed by atoms with Gasteiger partial charge in [0.25, 0.3) is 0 Å². The van der Waals surface area contributed by atoms with Crippen LogP contribution in [0, 0.1) is 10.1 Å². The summed E-state index contributed by atoms with van der Waals surface area (Å²) in [6, 6.07) is 10.4. The lowest BCUT2D eigenvalue weighted by Gasteiger charge is -2.33. The molecule has 3 aromatic rings. The number of nitrogens with zero attached hydrogens (tertiary/aromatic N) is 5. The highest BCUT2D eigenvalue weighted by Crippen LogP contribution is 2.27. The Balaban J connectivity index is 1.64. The fraction of sp³-hybridized carbons (Fsp3) is 0.250. The van der Waals surface area contributed by atoms with Crippen molar-refractivity contribution in [2.24, 2.45) is 0 Å². The molecule has 2 aromatic heterocycles. The quantitative estimate of drug-likeness (QED) is 0.573. The molecule has 128 valence electrons. The summed E-state index contributed by atoms with van der Waals surface area (Å²) in [5, 5.41) is 25.1. The Morgan fingerprint density at radius 3 is 3.00 bits per heavy atom. The minimum atomic E-state index is -0.508. The zero-order valence-corrected chi connectivity index (χ0v) is 13.1. The van der Waals surface area contributed by atoms with Gasteiger partial charge in [0.2, 0.25) is 5.65 Å². The number of benzene rings is 1. The SMILES string of the molecule is O=[N+]([O-])c1cnc2ccc(N3CCOC(c4cccc(O)c4)C3)nn12. The number of hydrogen-bond donors (Lipinski definition) is 1. The van der Waals surface area contributed by atoms with Gasteiger partial charge in [-0.2, -0.15) is 0 Å².